The lowest BCUT2D eigenvalue weighted by molar-refractivity contribution is 0.107. The summed E-state index contributed by atoms with van der Waals surface area (Å²) < 4.78 is 5.45. The normalized spacial score (nSPS) is 12.4. The summed E-state index contributed by atoms with van der Waals surface area (Å²) in [6.45, 7) is 1.73. The average Bonchev–Trinajstić information content (AvgIpc) is 2.47. The Balaban J connectivity index is 2.08. The molecule has 0 aliphatic carbocycles. The second kappa shape index (κ2) is 11.4. The summed E-state index contributed by atoms with van der Waals surface area (Å²) in [7, 11) is 0. The summed E-state index contributed by atoms with van der Waals surface area (Å²) in [6, 6.07) is 5.00. The molecule has 0 saturated carbocycles. The Labute approximate surface area is 139 Å². The van der Waals surface area contributed by atoms with Crippen LogP contribution in [0.4, 0.5) is 0 Å². The van der Waals surface area contributed by atoms with Crippen molar-refractivity contribution in [1.82, 2.24) is 5.32 Å². The molecule has 1 rings (SSSR count). The van der Waals surface area contributed by atoms with Crippen LogP contribution in [0.15, 0.2) is 18.2 Å². The van der Waals surface area contributed by atoms with Crippen LogP contribution in [0, 0.1) is 0 Å². The predicted molar refractivity (Wildman–Crippen MR) is 89.9 cm³/mol. The minimum absolute atomic E-state index is 0.197. The zero-order valence-corrected chi connectivity index (χ0v) is 14.1. The molecule has 0 aliphatic rings. The van der Waals surface area contributed by atoms with Gasteiger partial charge in [0.25, 0.3) is 0 Å². The molecule has 21 heavy (non-hydrogen) atoms. The molecule has 0 heterocycles. The highest BCUT2D eigenvalue weighted by Crippen LogP contribution is 2.26. The standard InChI is InChI=1S/C14H21Cl2NO3S/c15-13-3-2-12(8-14(13)16)20-10-11(19)9-17-4-7-21-6-1-5-18/h2-3,8,11,17-19H,1,4-7,9-10H2. The van der Waals surface area contributed by atoms with Gasteiger partial charge in [0.05, 0.1) is 10.0 Å². The second-order valence-electron chi connectivity index (χ2n) is 4.43. The van der Waals surface area contributed by atoms with E-state index in [0.717, 1.165) is 24.5 Å². The van der Waals surface area contributed by atoms with Gasteiger partial charge >= 0.3 is 0 Å². The molecule has 0 saturated heterocycles. The van der Waals surface area contributed by atoms with Gasteiger partial charge in [-0.15, -0.1) is 0 Å². The number of hydrogen-bond donors (Lipinski definition) is 3. The molecule has 0 fully saturated rings. The van der Waals surface area contributed by atoms with Gasteiger partial charge in [-0.1, -0.05) is 23.2 Å². The van der Waals surface area contributed by atoms with Crippen LogP contribution < -0.4 is 10.1 Å². The lowest BCUT2D eigenvalue weighted by Crippen LogP contribution is -2.32. The summed E-state index contributed by atoms with van der Waals surface area (Å²) in [5.74, 6) is 2.50. The number of rotatable bonds is 11. The molecule has 0 amide bonds. The molecule has 3 N–H and O–H groups in total. The van der Waals surface area contributed by atoms with E-state index in [-0.39, 0.29) is 13.2 Å². The van der Waals surface area contributed by atoms with Crippen LogP contribution >= 0.6 is 35.0 Å². The van der Waals surface area contributed by atoms with E-state index in [1.165, 1.54) is 0 Å². The molecule has 0 bridgehead atoms. The maximum atomic E-state index is 9.79. The summed E-state index contributed by atoms with van der Waals surface area (Å²) in [5, 5.41) is 22.5. The van der Waals surface area contributed by atoms with Crippen LogP contribution in [0.3, 0.4) is 0 Å². The molecule has 0 radical (unpaired) electrons. The van der Waals surface area contributed by atoms with Crippen LogP contribution in [-0.4, -0.2) is 54.1 Å². The van der Waals surface area contributed by atoms with Crippen molar-refractivity contribution in [3.05, 3.63) is 28.2 Å². The zero-order valence-electron chi connectivity index (χ0n) is 11.7. The fraction of sp³-hybridized carbons (Fsp3) is 0.571. The molecule has 0 aliphatic heterocycles. The van der Waals surface area contributed by atoms with Gasteiger partial charge in [-0.25, -0.2) is 0 Å². The van der Waals surface area contributed by atoms with Crippen molar-refractivity contribution in [2.24, 2.45) is 0 Å². The summed E-state index contributed by atoms with van der Waals surface area (Å²) in [6.07, 6.45) is 0.243. The number of benzene rings is 1. The minimum atomic E-state index is -0.582. The van der Waals surface area contributed by atoms with Crippen molar-refractivity contribution in [1.29, 1.82) is 0 Å². The van der Waals surface area contributed by atoms with Gasteiger partial charge in [-0.3, -0.25) is 0 Å². The fourth-order valence-electron chi connectivity index (χ4n) is 1.50. The van der Waals surface area contributed by atoms with E-state index in [2.05, 4.69) is 5.32 Å². The van der Waals surface area contributed by atoms with Crippen molar-refractivity contribution < 1.29 is 14.9 Å². The molecule has 7 heteroatoms. The first-order chi connectivity index (χ1) is 10.1. The molecule has 1 unspecified atom stereocenters. The van der Waals surface area contributed by atoms with Gasteiger partial charge in [0.2, 0.25) is 0 Å². The van der Waals surface area contributed by atoms with Gasteiger partial charge in [0, 0.05) is 31.5 Å². The first kappa shape index (κ1) is 18.9. The third-order valence-corrected chi connectivity index (χ3v) is 4.39. The van der Waals surface area contributed by atoms with Crippen LogP contribution in [0.2, 0.25) is 10.0 Å². The zero-order chi connectivity index (χ0) is 15.5. The van der Waals surface area contributed by atoms with E-state index >= 15 is 0 Å². The molecule has 120 valence electrons. The molecule has 1 aromatic rings. The van der Waals surface area contributed by atoms with E-state index < -0.39 is 6.10 Å². The monoisotopic (exact) mass is 353 g/mol. The van der Waals surface area contributed by atoms with E-state index in [0.29, 0.717) is 22.3 Å². The number of ether oxygens (including phenoxy) is 1. The molecule has 1 aromatic carbocycles. The Kier molecular flexibility index (Phi) is 10.3. The molecule has 4 nitrogen and oxygen atoms in total. The van der Waals surface area contributed by atoms with Crippen molar-refractivity contribution >= 4 is 35.0 Å². The molecular weight excluding hydrogens is 333 g/mol. The number of hydrogen-bond acceptors (Lipinski definition) is 5. The third kappa shape index (κ3) is 8.76. The molecule has 1 atom stereocenters. The van der Waals surface area contributed by atoms with E-state index in [1.807, 2.05) is 0 Å². The first-order valence-corrected chi connectivity index (χ1v) is 8.69. The topological polar surface area (TPSA) is 61.7 Å². The van der Waals surface area contributed by atoms with Crippen molar-refractivity contribution in [3.8, 4) is 5.75 Å². The molecule has 0 aromatic heterocycles. The maximum Gasteiger partial charge on any atom is 0.121 e. The van der Waals surface area contributed by atoms with Crippen LogP contribution in [-0.2, 0) is 0 Å². The number of aliphatic hydroxyl groups is 2. The Bertz CT molecular complexity index is 410. The SMILES string of the molecule is OCCCSCCNCC(O)COc1ccc(Cl)c(Cl)c1. The van der Waals surface area contributed by atoms with Crippen LogP contribution in [0.25, 0.3) is 0 Å². The van der Waals surface area contributed by atoms with E-state index in [4.69, 9.17) is 33.0 Å². The van der Waals surface area contributed by atoms with Crippen LogP contribution in [0.5, 0.6) is 5.75 Å². The lowest BCUT2D eigenvalue weighted by Gasteiger charge is -2.13. The largest absolute Gasteiger partial charge is 0.491 e. The van der Waals surface area contributed by atoms with E-state index in [1.54, 1.807) is 30.0 Å². The van der Waals surface area contributed by atoms with Crippen molar-refractivity contribution in [2.75, 3.05) is 37.8 Å². The first-order valence-electron chi connectivity index (χ1n) is 6.78. The van der Waals surface area contributed by atoms with Gasteiger partial charge in [0.15, 0.2) is 0 Å². The number of aliphatic hydroxyl groups excluding tert-OH is 2. The lowest BCUT2D eigenvalue weighted by atomic mass is 10.3. The predicted octanol–water partition coefficient (Wildman–Crippen LogP) is 2.44. The highest BCUT2D eigenvalue weighted by Gasteiger charge is 2.06. The fourth-order valence-corrected chi connectivity index (χ4v) is 2.61. The Morgan fingerprint density at radius 3 is 2.76 bits per heavy atom. The Hall–Kier alpha value is -0.170. The van der Waals surface area contributed by atoms with E-state index in [9.17, 15) is 5.11 Å². The minimum Gasteiger partial charge on any atom is -0.491 e. The number of nitrogens with one attached hydrogen (secondary N) is 1. The smallest absolute Gasteiger partial charge is 0.121 e. The molecule has 0 spiro atoms. The van der Waals surface area contributed by atoms with Crippen LogP contribution in [0.1, 0.15) is 6.42 Å². The summed E-state index contributed by atoms with van der Waals surface area (Å²) in [4.78, 5) is 0. The number of halogens is 2. The van der Waals surface area contributed by atoms with Gasteiger partial charge < -0.3 is 20.3 Å². The van der Waals surface area contributed by atoms with Crippen molar-refractivity contribution in [2.45, 2.75) is 12.5 Å². The highest BCUT2D eigenvalue weighted by atomic mass is 35.5. The Morgan fingerprint density at radius 1 is 1.24 bits per heavy atom. The second-order valence-corrected chi connectivity index (χ2v) is 6.47. The van der Waals surface area contributed by atoms with Gasteiger partial charge in [-0.05, 0) is 24.3 Å². The maximum absolute atomic E-state index is 9.79. The third-order valence-electron chi connectivity index (χ3n) is 2.58. The molecular formula is C14H21Cl2NO3S. The quantitative estimate of drug-likeness (QED) is 0.533. The van der Waals surface area contributed by atoms with Gasteiger partial charge in [-0.2, -0.15) is 11.8 Å². The Morgan fingerprint density at radius 2 is 2.05 bits per heavy atom. The highest BCUT2D eigenvalue weighted by molar-refractivity contribution is 7.99. The number of thioether (sulfide) groups is 1. The van der Waals surface area contributed by atoms with Crippen molar-refractivity contribution in [3.63, 3.8) is 0 Å². The summed E-state index contributed by atoms with van der Waals surface area (Å²) in [5.41, 5.74) is 0. The summed E-state index contributed by atoms with van der Waals surface area (Å²) >= 11 is 13.5. The average molecular weight is 354 g/mol. The van der Waals surface area contributed by atoms with Gasteiger partial charge in [0.1, 0.15) is 18.5 Å².